The highest BCUT2D eigenvalue weighted by Gasteiger charge is 2.15. The van der Waals surface area contributed by atoms with Crippen LogP contribution in [0.4, 0.5) is 4.39 Å². The van der Waals surface area contributed by atoms with Crippen LogP contribution in [-0.4, -0.2) is 46.0 Å². The van der Waals surface area contributed by atoms with Crippen molar-refractivity contribution < 1.29 is 22.3 Å². The van der Waals surface area contributed by atoms with E-state index in [0.29, 0.717) is 18.7 Å². The molecule has 27 heavy (non-hydrogen) atoms. The minimum absolute atomic E-state index is 0.0946. The van der Waals surface area contributed by atoms with Gasteiger partial charge in [-0.1, -0.05) is 12.1 Å². The molecule has 0 fully saturated rings. The molecule has 0 heterocycles. The Labute approximate surface area is 159 Å². The lowest BCUT2D eigenvalue weighted by Gasteiger charge is -2.21. The molecule has 2 aromatic carbocycles. The van der Waals surface area contributed by atoms with Gasteiger partial charge >= 0.3 is 0 Å². The van der Waals surface area contributed by atoms with Crippen molar-refractivity contribution in [3.05, 3.63) is 59.9 Å². The van der Waals surface area contributed by atoms with E-state index >= 15 is 0 Å². The maximum absolute atomic E-state index is 12.9. The van der Waals surface area contributed by atoms with Gasteiger partial charge in [0, 0.05) is 26.6 Å². The zero-order chi connectivity index (χ0) is 19.9. The van der Waals surface area contributed by atoms with Crippen LogP contribution in [0.2, 0.25) is 0 Å². The van der Waals surface area contributed by atoms with Gasteiger partial charge in [-0.3, -0.25) is 4.79 Å². The van der Waals surface area contributed by atoms with Gasteiger partial charge in [0.05, 0.1) is 12.0 Å². The molecule has 0 spiro atoms. The summed E-state index contributed by atoms with van der Waals surface area (Å²) in [5, 5.41) is 0. The number of hydrogen-bond acceptors (Lipinski definition) is 4. The molecule has 0 atom stereocenters. The predicted octanol–water partition coefficient (Wildman–Crippen LogP) is 2.20. The van der Waals surface area contributed by atoms with Crippen molar-refractivity contribution in [1.29, 1.82) is 0 Å². The maximum Gasteiger partial charge on any atom is 0.240 e. The lowest BCUT2D eigenvalue weighted by Crippen LogP contribution is -2.38. The van der Waals surface area contributed by atoms with E-state index in [1.807, 2.05) is 0 Å². The van der Waals surface area contributed by atoms with Crippen LogP contribution in [0, 0.1) is 5.82 Å². The first-order valence-corrected chi connectivity index (χ1v) is 9.94. The molecule has 2 rings (SSSR count). The van der Waals surface area contributed by atoms with Gasteiger partial charge in [-0.05, 0) is 48.4 Å². The predicted molar refractivity (Wildman–Crippen MR) is 101 cm³/mol. The molecular weight excluding hydrogens is 371 g/mol. The molecule has 0 saturated carbocycles. The number of hydrogen-bond donors (Lipinski definition) is 1. The van der Waals surface area contributed by atoms with E-state index in [9.17, 15) is 17.6 Å². The summed E-state index contributed by atoms with van der Waals surface area (Å²) in [6, 6.07) is 12.1. The van der Waals surface area contributed by atoms with E-state index in [0.717, 1.165) is 5.56 Å². The van der Waals surface area contributed by atoms with Gasteiger partial charge in [-0.15, -0.1) is 0 Å². The Morgan fingerprint density at radius 2 is 1.70 bits per heavy atom. The topological polar surface area (TPSA) is 75.7 Å². The summed E-state index contributed by atoms with van der Waals surface area (Å²) < 4.78 is 45.0. The van der Waals surface area contributed by atoms with E-state index in [1.54, 1.807) is 29.2 Å². The minimum atomic E-state index is -3.66. The second-order valence-electron chi connectivity index (χ2n) is 5.96. The quantitative estimate of drug-likeness (QED) is 0.708. The summed E-state index contributed by atoms with van der Waals surface area (Å²) in [6.45, 7) is 2.19. The molecule has 6 nitrogen and oxygen atoms in total. The van der Waals surface area contributed by atoms with E-state index < -0.39 is 10.0 Å². The van der Waals surface area contributed by atoms with E-state index in [-0.39, 0.29) is 29.7 Å². The highest BCUT2D eigenvalue weighted by Crippen LogP contribution is 2.15. The average Bonchev–Trinajstić information content (AvgIpc) is 2.65. The molecule has 0 aromatic heterocycles. The Morgan fingerprint density at radius 1 is 1.07 bits per heavy atom. The molecule has 146 valence electrons. The fourth-order valence-electron chi connectivity index (χ4n) is 2.50. The van der Waals surface area contributed by atoms with Crippen LogP contribution in [0.15, 0.2) is 53.4 Å². The first-order valence-electron chi connectivity index (χ1n) is 8.45. The third-order valence-electron chi connectivity index (χ3n) is 4.07. The average molecular weight is 394 g/mol. The largest absolute Gasteiger partial charge is 0.497 e. The number of nitrogens with one attached hydrogen (secondary N) is 1. The summed E-state index contributed by atoms with van der Waals surface area (Å²) >= 11 is 0. The number of benzene rings is 2. The molecule has 0 unspecified atom stereocenters. The summed E-state index contributed by atoms with van der Waals surface area (Å²) in [5.74, 6) is 0.105. The number of rotatable bonds is 9. The standard InChI is InChI=1S/C19H23FN2O4S/c1-15(23)22(13-11-16-3-5-17(20)6-4-16)14-12-21-27(24,25)19-9-7-18(26-2)8-10-19/h3-10,21H,11-14H2,1-2H3. The number of nitrogens with zero attached hydrogens (tertiary/aromatic N) is 1. The summed E-state index contributed by atoms with van der Waals surface area (Å²) in [5.41, 5.74) is 0.904. The molecular formula is C19H23FN2O4S. The van der Waals surface area contributed by atoms with Crippen LogP contribution in [-0.2, 0) is 21.2 Å². The second-order valence-corrected chi connectivity index (χ2v) is 7.72. The highest BCUT2D eigenvalue weighted by molar-refractivity contribution is 7.89. The molecule has 0 saturated heterocycles. The molecule has 0 bridgehead atoms. The number of carbonyl (C=O) groups is 1. The lowest BCUT2D eigenvalue weighted by atomic mass is 10.1. The van der Waals surface area contributed by atoms with Crippen molar-refractivity contribution in [3.63, 3.8) is 0 Å². The van der Waals surface area contributed by atoms with E-state index in [1.165, 1.54) is 38.3 Å². The van der Waals surface area contributed by atoms with Crippen molar-refractivity contribution in [2.24, 2.45) is 0 Å². The Morgan fingerprint density at radius 3 is 2.26 bits per heavy atom. The Bertz CT molecular complexity index is 852. The number of ether oxygens (including phenoxy) is 1. The molecule has 8 heteroatoms. The molecule has 1 amide bonds. The number of methoxy groups -OCH3 is 1. The monoisotopic (exact) mass is 394 g/mol. The van der Waals surface area contributed by atoms with Crippen LogP contribution < -0.4 is 9.46 Å². The number of sulfonamides is 1. The minimum Gasteiger partial charge on any atom is -0.497 e. The first-order chi connectivity index (χ1) is 12.8. The second kappa shape index (κ2) is 9.48. The summed E-state index contributed by atoms with van der Waals surface area (Å²) in [4.78, 5) is 13.5. The Hall–Kier alpha value is -2.45. The zero-order valence-corrected chi connectivity index (χ0v) is 16.1. The van der Waals surface area contributed by atoms with Gasteiger partial charge in [0.25, 0.3) is 0 Å². The van der Waals surface area contributed by atoms with Crippen LogP contribution in [0.1, 0.15) is 12.5 Å². The maximum atomic E-state index is 12.9. The first kappa shape index (κ1) is 20.9. The van der Waals surface area contributed by atoms with Crippen molar-refractivity contribution >= 4 is 15.9 Å². The van der Waals surface area contributed by atoms with E-state index in [2.05, 4.69) is 4.72 Å². The highest BCUT2D eigenvalue weighted by atomic mass is 32.2. The third kappa shape index (κ3) is 6.33. The molecule has 0 aliphatic carbocycles. The number of carbonyl (C=O) groups excluding carboxylic acids is 1. The lowest BCUT2D eigenvalue weighted by molar-refractivity contribution is -0.128. The van der Waals surface area contributed by atoms with Gasteiger partial charge in [-0.2, -0.15) is 0 Å². The fourth-order valence-corrected chi connectivity index (χ4v) is 3.52. The van der Waals surface area contributed by atoms with Gasteiger partial charge < -0.3 is 9.64 Å². The summed E-state index contributed by atoms with van der Waals surface area (Å²) in [7, 11) is -2.16. The summed E-state index contributed by atoms with van der Waals surface area (Å²) in [6.07, 6.45) is 0.561. The van der Waals surface area contributed by atoms with Crippen molar-refractivity contribution in [1.82, 2.24) is 9.62 Å². The fraction of sp³-hybridized carbons (Fsp3) is 0.316. The van der Waals surface area contributed by atoms with Gasteiger partial charge in [0.15, 0.2) is 0 Å². The van der Waals surface area contributed by atoms with Crippen LogP contribution in [0.25, 0.3) is 0 Å². The van der Waals surface area contributed by atoms with Gasteiger partial charge in [0.1, 0.15) is 11.6 Å². The molecule has 0 aliphatic rings. The van der Waals surface area contributed by atoms with Crippen LogP contribution in [0.3, 0.4) is 0 Å². The molecule has 1 N–H and O–H groups in total. The third-order valence-corrected chi connectivity index (χ3v) is 5.55. The molecule has 0 radical (unpaired) electrons. The normalized spacial score (nSPS) is 11.2. The Balaban J connectivity index is 1.89. The van der Waals surface area contributed by atoms with Gasteiger partial charge in [0.2, 0.25) is 15.9 Å². The zero-order valence-electron chi connectivity index (χ0n) is 15.3. The van der Waals surface area contributed by atoms with Crippen molar-refractivity contribution in [2.75, 3.05) is 26.7 Å². The molecule has 0 aliphatic heterocycles. The van der Waals surface area contributed by atoms with Gasteiger partial charge in [-0.25, -0.2) is 17.5 Å². The van der Waals surface area contributed by atoms with Crippen molar-refractivity contribution in [2.45, 2.75) is 18.2 Å². The van der Waals surface area contributed by atoms with Crippen molar-refractivity contribution in [3.8, 4) is 5.75 Å². The van der Waals surface area contributed by atoms with E-state index in [4.69, 9.17) is 4.74 Å². The molecule has 2 aromatic rings. The van der Waals surface area contributed by atoms with Crippen LogP contribution in [0.5, 0.6) is 5.75 Å². The SMILES string of the molecule is COc1ccc(S(=O)(=O)NCCN(CCc2ccc(F)cc2)C(C)=O)cc1. The smallest absolute Gasteiger partial charge is 0.240 e. The Kier molecular flexibility index (Phi) is 7.32. The number of amides is 1. The number of halogens is 1. The van der Waals surface area contributed by atoms with Crippen LogP contribution >= 0.6 is 0 Å².